The Morgan fingerprint density at radius 1 is 0.889 bits per heavy atom. The third-order valence-corrected chi connectivity index (χ3v) is 1.83. The van der Waals surface area contributed by atoms with Gasteiger partial charge in [0.15, 0.2) is 0 Å². The van der Waals surface area contributed by atoms with E-state index in [0.29, 0.717) is 0 Å². The van der Waals surface area contributed by atoms with Crippen LogP contribution in [-0.2, 0) is 22.7 Å². The number of carboxylic acid groups (broad SMARTS) is 2. The van der Waals surface area contributed by atoms with E-state index < -0.39 is 25.0 Å². The highest BCUT2D eigenvalue weighted by atomic mass is 16.4. The molecule has 0 saturated heterocycles. The second kappa shape index (κ2) is 4.52. The van der Waals surface area contributed by atoms with Crippen molar-refractivity contribution in [3.05, 3.63) is 0 Å². The van der Waals surface area contributed by atoms with Gasteiger partial charge in [0.2, 0.25) is 11.6 Å². The number of rotatable bonds is 5. The molecule has 2 rings (SSSR count). The quantitative estimate of drug-likeness (QED) is 0.582. The summed E-state index contributed by atoms with van der Waals surface area (Å²) >= 11 is 0. The van der Waals surface area contributed by atoms with Crippen molar-refractivity contribution >= 4 is 11.9 Å². The van der Waals surface area contributed by atoms with Crippen LogP contribution in [0.2, 0.25) is 0 Å². The molecule has 0 aliphatic rings. The molecule has 0 aliphatic heterocycles. The van der Waals surface area contributed by atoms with Gasteiger partial charge < -0.3 is 10.2 Å². The number of carbonyl (C=O) groups is 2. The first-order valence-corrected chi connectivity index (χ1v) is 4.54. The van der Waals surface area contributed by atoms with Gasteiger partial charge in [-0.15, -0.1) is 10.2 Å². The number of nitrogens with zero attached hydrogens (tertiary/aromatic N) is 8. The minimum atomic E-state index is -1.15. The molecular formula is C6H6N8O4. The topological polar surface area (TPSA) is 162 Å². The molecule has 12 nitrogen and oxygen atoms in total. The van der Waals surface area contributed by atoms with Gasteiger partial charge >= 0.3 is 11.9 Å². The molecule has 0 bridgehead atoms. The van der Waals surface area contributed by atoms with E-state index in [1.165, 1.54) is 0 Å². The zero-order chi connectivity index (χ0) is 13.1. The fourth-order valence-electron chi connectivity index (χ4n) is 1.20. The van der Waals surface area contributed by atoms with E-state index in [-0.39, 0.29) is 11.6 Å². The smallest absolute Gasteiger partial charge is 0.325 e. The molecule has 0 amide bonds. The summed E-state index contributed by atoms with van der Waals surface area (Å²) in [5.74, 6) is -2.35. The van der Waals surface area contributed by atoms with Gasteiger partial charge in [-0.25, -0.2) is 9.36 Å². The van der Waals surface area contributed by atoms with Crippen LogP contribution in [0.1, 0.15) is 0 Å². The highest BCUT2D eigenvalue weighted by molar-refractivity contribution is 5.68. The van der Waals surface area contributed by atoms with E-state index in [4.69, 9.17) is 10.2 Å². The van der Waals surface area contributed by atoms with Crippen molar-refractivity contribution in [1.82, 2.24) is 40.4 Å². The van der Waals surface area contributed by atoms with Gasteiger partial charge in [0.1, 0.15) is 13.1 Å². The molecule has 0 saturated carbocycles. The van der Waals surface area contributed by atoms with Crippen molar-refractivity contribution in [2.24, 2.45) is 0 Å². The first-order valence-electron chi connectivity index (χ1n) is 4.54. The molecule has 2 aromatic heterocycles. The fraction of sp³-hybridized carbons (Fsp3) is 0.333. The highest BCUT2D eigenvalue weighted by Gasteiger charge is 2.19. The maximum atomic E-state index is 10.6. The Labute approximate surface area is 97.8 Å². The minimum Gasteiger partial charge on any atom is -0.480 e. The summed E-state index contributed by atoms with van der Waals surface area (Å²) in [4.78, 5) is 21.2. The molecule has 0 radical (unpaired) electrons. The standard InChI is InChI=1S/C6H6N8O4/c15-3(16)1-13-5(7-9-11-13)6-8-10-12-14(6)2-4(17)18/h1-2H2,(H,15,16)(H,17,18). The van der Waals surface area contributed by atoms with Crippen LogP contribution in [0.25, 0.3) is 11.6 Å². The Kier molecular flexibility index (Phi) is 2.90. The van der Waals surface area contributed by atoms with Crippen molar-refractivity contribution < 1.29 is 19.8 Å². The molecule has 2 heterocycles. The van der Waals surface area contributed by atoms with Crippen LogP contribution < -0.4 is 0 Å². The predicted octanol–water partition coefficient (Wildman–Crippen LogP) is -2.50. The summed E-state index contributed by atoms with van der Waals surface area (Å²) in [5, 5.41) is 37.9. The lowest BCUT2D eigenvalue weighted by molar-refractivity contribution is -0.139. The molecule has 2 N–H and O–H groups in total. The molecule has 2 aromatic rings. The van der Waals surface area contributed by atoms with Gasteiger partial charge in [-0.2, -0.15) is 0 Å². The minimum absolute atomic E-state index is 0.0244. The van der Waals surface area contributed by atoms with Gasteiger partial charge in [0.05, 0.1) is 0 Å². The third kappa shape index (κ3) is 2.26. The Balaban J connectivity index is 2.37. The summed E-state index contributed by atoms with van der Waals surface area (Å²) in [6.07, 6.45) is 0. The zero-order valence-corrected chi connectivity index (χ0v) is 8.70. The second-order valence-electron chi connectivity index (χ2n) is 3.11. The molecule has 94 valence electrons. The Hall–Kier alpha value is -2.92. The first kappa shape index (κ1) is 11.6. The number of hydrogen-bond acceptors (Lipinski definition) is 8. The fourth-order valence-corrected chi connectivity index (χ4v) is 1.20. The van der Waals surface area contributed by atoms with Crippen molar-refractivity contribution in [2.75, 3.05) is 0 Å². The van der Waals surface area contributed by atoms with Crippen molar-refractivity contribution in [3.63, 3.8) is 0 Å². The average Bonchev–Trinajstić information content (AvgIpc) is 2.85. The maximum Gasteiger partial charge on any atom is 0.325 e. The van der Waals surface area contributed by atoms with Crippen LogP contribution >= 0.6 is 0 Å². The molecule has 12 heteroatoms. The van der Waals surface area contributed by atoms with Gasteiger partial charge in [0, 0.05) is 0 Å². The molecular weight excluding hydrogens is 248 g/mol. The van der Waals surface area contributed by atoms with Crippen molar-refractivity contribution in [3.8, 4) is 11.6 Å². The molecule has 18 heavy (non-hydrogen) atoms. The summed E-state index contributed by atoms with van der Waals surface area (Å²) in [7, 11) is 0. The highest BCUT2D eigenvalue weighted by Crippen LogP contribution is 2.10. The Morgan fingerprint density at radius 3 is 1.61 bits per heavy atom. The molecule has 0 atom stereocenters. The van der Waals surface area contributed by atoms with Crippen LogP contribution in [0.5, 0.6) is 0 Å². The SMILES string of the molecule is O=C(O)Cn1nnnc1-c1nnnn1CC(=O)O. The van der Waals surface area contributed by atoms with Gasteiger partial charge in [0.25, 0.3) is 0 Å². The number of aromatic nitrogens is 8. The summed E-state index contributed by atoms with van der Waals surface area (Å²) < 4.78 is 1.90. The van der Waals surface area contributed by atoms with E-state index in [1.54, 1.807) is 0 Å². The average molecular weight is 254 g/mol. The largest absolute Gasteiger partial charge is 0.480 e. The molecule has 0 spiro atoms. The summed E-state index contributed by atoms with van der Waals surface area (Å²) in [6, 6.07) is 0. The van der Waals surface area contributed by atoms with Crippen LogP contribution in [0.15, 0.2) is 0 Å². The maximum absolute atomic E-state index is 10.6. The van der Waals surface area contributed by atoms with Crippen molar-refractivity contribution in [2.45, 2.75) is 13.1 Å². The summed E-state index contributed by atoms with van der Waals surface area (Å²) in [6.45, 7) is -0.968. The predicted molar refractivity (Wildman–Crippen MR) is 49.9 cm³/mol. The molecule has 0 unspecified atom stereocenters. The zero-order valence-electron chi connectivity index (χ0n) is 8.70. The number of hydrogen-bond donors (Lipinski definition) is 2. The van der Waals surface area contributed by atoms with Gasteiger partial charge in [-0.1, -0.05) is 0 Å². The first-order chi connectivity index (χ1) is 8.58. The number of carboxylic acids is 2. The molecule has 0 aliphatic carbocycles. The lowest BCUT2D eigenvalue weighted by Gasteiger charge is -2.01. The van der Waals surface area contributed by atoms with Crippen LogP contribution in [0.4, 0.5) is 0 Å². The number of aliphatic carboxylic acids is 2. The van der Waals surface area contributed by atoms with Crippen LogP contribution in [-0.4, -0.2) is 62.6 Å². The van der Waals surface area contributed by atoms with Gasteiger partial charge in [-0.05, 0) is 20.9 Å². The monoisotopic (exact) mass is 254 g/mol. The Bertz CT molecular complexity index is 536. The summed E-state index contributed by atoms with van der Waals surface area (Å²) in [5.41, 5.74) is 0. The van der Waals surface area contributed by atoms with E-state index in [1.807, 2.05) is 0 Å². The third-order valence-electron chi connectivity index (χ3n) is 1.83. The van der Waals surface area contributed by atoms with Gasteiger partial charge in [-0.3, -0.25) is 9.59 Å². The van der Waals surface area contributed by atoms with Crippen LogP contribution in [0, 0.1) is 0 Å². The van der Waals surface area contributed by atoms with E-state index in [2.05, 4.69) is 31.1 Å². The molecule has 0 fully saturated rings. The Morgan fingerprint density at radius 2 is 1.28 bits per heavy atom. The van der Waals surface area contributed by atoms with Crippen molar-refractivity contribution in [1.29, 1.82) is 0 Å². The van der Waals surface area contributed by atoms with E-state index in [9.17, 15) is 9.59 Å². The van der Waals surface area contributed by atoms with Crippen LogP contribution in [0.3, 0.4) is 0 Å². The van der Waals surface area contributed by atoms with E-state index >= 15 is 0 Å². The van der Waals surface area contributed by atoms with E-state index in [0.717, 1.165) is 9.36 Å². The normalized spacial score (nSPS) is 10.4. The lowest BCUT2D eigenvalue weighted by Crippen LogP contribution is -2.16. The number of tetrazole rings is 2. The lowest BCUT2D eigenvalue weighted by atomic mass is 10.5. The second-order valence-corrected chi connectivity index (χ2v) is 3.11. The molecule has 0 aromatic carbocycles.